The number of hydrogen-bond acceptors (Lipinski definition) is 3. The molecule has 1 amide bonds. The van der Waals surface area contributed by atoms with Gasteiger partial charge in [0, 0.05) is 20.2 Å². The Morgan fingerprint density at radius 2 is 1.82 bits per heavy atom. The van der Waals surface area contributed by atoms with E-state index in [0.29, 0.717) is 26.1 Å². The van der Waals surface area contributed by atoms with Crippen molar-refractivity contribution in [3.63, 3.8) is 0 Å². The maximum absolute atomic E-state index is 12.4. The first-order valence-electron chi connectivity index (χ1n) is 6.31. The molecule has 0 fully saturated rings. The van der Waals surface area contributed by atoms with Crippen molar-refractivity contribution in [2.45, 2.75) is 46.6 Å². The number of nitrogens with zero attached hydrogens (tertiary/aromatic N) is 1. The molecule has 0 bridgehead atoms. The average Bonchev–Trinajstić information content (AvgIpc) is 2.34. The van der Waals surface area contributed by atoms with Crippen LogP contribution in [0.3, 0.4) is 0 Å². The Bertz CT molecular complexity index is 248. The van der Waals surface area contributed by atoms with Gasteiger partial charge in [0.05, 0.1) is 0 Å². The van der Waals surface area contributed by atoms with Crippen LogP contribution in [0.25, 0.3) is 0 Å². The Hall–Kier alpha value is -0.610. The second-order valence-electron chi connectivity index (χ2n) is 5.48. The minimum Gasteiger partial charge on any atom is -0.369 e. The molecular weight excluding hydrogens is 216 g/mol. The highest BCUT2D eigenvalue weighted by atomic mass is 16.5. The fraction of sp³-hybridized carbons (Fsp3) is 0.923. The van der Waals surface area contributed by atoms with Crippen LogP contribution >= 0.6 is 0 Å². The zero-order valence-electron chi connectivity index (χ0n) is 12.2. The van der Waals surface area contributed by atoms with Gasteiger partial charge in [-0.25, -0.2) is 0 Å². The maximum Gasteiger partial charge on any atom is 0.254 e. The van der Waals surface area contributed by atoms with Crippen LogP contribution in [0.2, 0.25) is 0 Å². The molecule has 0 rings (SSSR count). The molecule has 17 heavy (non-hydrogen) atoms. The summed E-state index contributed by atoms with van der Waals surface area (Å²) < 4.78 is 5.36. The highest BCUT2D eigenvalue weighted by Gasteiger charge is 2.36. The summed E-state index contributed by atoms with van der Waals surface area (Å²) in [5, 5.41) is 0. The smallest absolute Gasteiger partial charge is 0.254 e. The molecule has 0 aliphatic heterocycles. The highest BCUT2D eigenvalue weighted by molar-refractivity contribution is 5.84. The quantitative estimate of drug-likeness (QED) is 0.740. The lowest BCUT2D eigenvalue weighted by Crippen LogP contribution is -2.51. The van der Waals surface area contributed by atoms with E-state index in [4.69, 9.17) is 10.5 Å². The van der Waals surface area contributed by atoms with Gasteiger partial charge in [0.25, 0.3) is 5.91 Å². The zero-order chi connectivity index (χ0) is 13.7. The number of amides is 1. The van der Waals surface area contributed by atoms with Gasteiger partial charge in [0.15, 0.2) is 0 Å². The number of ether oxygens (including phenoxy) is 1. The number of hydrogen-bond donors (Lipinski definition) is 1. The van der Waals surface area contributed by atoms with Gasteiger partial charge in [0.2, 0.25) is 0 Å². The first-order valence-corrected chi connectivity index (χ1v) is 6.31. The molecule has 0 saturated heterocycles. The Morgan fingerprint density at radius 1 is 1.29 bits per heavy atom. The molecule has 4 nitrogen and oxygen atoms in total. The SMILES string of the molecule is CCN(CC(C)(C)CN)C(=O)C(C)(CC)OC. The van der Waals surface area contributed by atoms with Gasteiger partial charge < -0.3 is 15.4 Å². The van der Waals surface area contributed by atoms with Crippen molar-refractivity contribution in [1.29, 1.82) is 0 Å². The molecule has 0 aromatic carbocycles. The normalized spacial score (nSPS) is 15.5. The van der Waals surface area contributed by atoms with Crippen molar-refractivity contribution in [1.82, 2.24) is 4.90 Å². The molecule has 0 spiro atoms. The lowest BCUT2D eigenvalue weighted by atomic mass is 9.91. The minimum absolute atomic E-state index is 0.0477. The summed E-state index contributed by atoms with van der Waals surface area (Å²) in [6.07, 6.45) is 0.669. The molecule has 0 radical (unpaired) electrons. The minimum atomic E-state index is -0.722. The summed E-state index contributed by atoms with van der Waals surface area (Å²) in [6, 6.07) is 0. The lowest BCUT2D eigenvalue weighted by molar-refractivity contribution is -0.154. The summed E-state index contributed by atoms with van der Waals surface area (Å²) in [7, 11) is 1.59. The topological polar surface area (TPSA) is 55.6 Å². The first kappa shape index (κ1) is 16.4. The van der Waals surface area contributed by atoms with Crippen LogP contribution in [-0.2, 0) is 9.53 Å². The van der Waals surface area contributed by atoms with E-state index >= 15 is 0 Å². The summed E-state index contributed by atoms with van der Waals surface area (Å²) in [6.45, 7) is 11.8. The zero-order valence-corrected chi connectivity index (χ0v) is 12.2. The third-order valence-corrected chi connectivity index (χ3v) is 3.42. The van der Waals surface area contributed by atoms with Gasteiger partial charge in [-0.15, -0.1) is 0 Å². The van der Waals surface area contributed by atoms with E-state index in [1.165, 1.54) is 0 Å². The van der Waals surface area contributed by atoms with Crippen LogP contribution in [0.5, 0.6) is 0 Å². The number of likely N-dealkylation sites (N-methyl/N-ethyl adjacent to an activating group) is 1. The van der Waals surface area contributed by atoms with E-state index in [1.807, 2.05) is 25.7 Å². The summed E-state index contributed by atoms with van der Waals surface area (Å²) >= 11 is 0. The lowest BCUT2D eigenvalue weighted by Gasteiger charge is -2.36. The number of methoxy groups -OCH3 is 1. The molecule has 4 heteroatoms. The first-order chi connectivity index (χ1) is 7.76. The Balaban J connectivity index is 4.84. The van der Waals surface area contributed by atoms with Gasteiger partial charge in [-0.3, -0.25) is 4.79 Å². The summed E-state index contributed by atoms with van der Waals surface area (Å²) in [4.78, 5) is 14.2. The molecule has 0 aliphatic rings. The maximum atomic E-state index is 12.4. The fourth-order valence-electron chi connectivity index (χ4n) is 1.63. The highest BCUT2D eigenvalue weighted by Crippen LogP contribution is 2.21. The van der Waals surface area contributed by atoms with Gasteiger partial charge in [-0.1, -0.05) is 20.8 Å². The molecule has 0 aliphatic carbocycles. The van der Waals surface area contributed by atoms with Crippen LogP contribution in [0.1, 0.15) is 41.0 Å². The van der Waals surface area contributed by atoms with Crippen LogP contribution in [0.15, 0.2) is 0 Å². The molecule has 102 valence electrons. The summed E-state index contributed by atoms with van der Waals surface area (Å²) in [5.74, 6) is 0.0477. The third kappa shape index (κ3) is 4.28. The van der Waals surface area contributed by atoms with E-state index in [-0.39, 0.29) is 11.3 Å². The van der Waals surface area contributed by atoms with E-state index in [9.17, 15) is 4.79 Å². The van der Waals surface area contributed by atoms with Gasteiger partial charge >= 0.3 is 0 Å². The molecular formula is C13H28N2O2. The van der Waals surface area contributed by atoms with Crippen molar-refractivity contribution in [3.05, 3.63) is 0 Å². The molecule has 2 N–H and O–H groups in total. The van der Waals surface area contributed by atoms with Crippen molar-refractivity contribution in [3.8, 4) is 0 Å². The molecule has 0 heterocycles. The van der Waals surface area contributed by atoms with Gasteiger partial charge in [0.1, 0.15) is 5.60 Å². The number of rotatable bonds is 7. The molecule has 1 unspecified atom stereocenters. The predicted octanol–water partition coefficient (Wildman–Crippen LogP) is 1.63. The van der Waals surface area contributed by atoms with Crippen molar-refractivity contribution in [2.75, 3.05) is 26.7 Å². The summed E-state index contributed by atoms with van der Waals surface area (Å²) in [5.41, 5.74) is 4.93. The average molecular weight is 244 g/mol. The molecule has 1 atom stereocenters. The Kier molecular flexibility index (Phi) is 6.13. The molecule has 0 aromatic rings. The van der Waals surface area contributed by atoms with Crippen LogP contribution in [0, 0.1) is 5.41 Å². The van der Waals surface area contributed by atoms with Crippen molar-refractivity contribution < 1.29 is 9.53 Å². The van der Waals surface area contributed by atoms with E-state index in [2.05, 4.69) is 13.8 Å². The molecule has 0 saturated carbocycles. The number of carbonyl (C=O) groups excluding carboxylic acids is 1. The Morgan fingerprint density at radius 3 is 2.12 bits per heavy atom. The van der Waals surface area contributed by atoms with Crippen molar-refractivity contribution >= 4 is 5.91 Å². The number of nitrogens with two attached hydrogens (primary N) is 1. The second kappa shape index (κ2) is 6.36. The van der Waals surface area contributed by atoms with E-state index in [1.54, 1.807) is 7.11 Å². The standard InChI is InChI=1S/C13H28N2O2/c1-7-13(5,17-6)11(16)15(8-2)10-12(3,4)9-14/h7-10,14H2,1-6H3. The number of carbonyl (C=O) groups is 1. The Labute approximate surface area is 105 Å². The largest absolute Gasteiger partial charge is 0.369 e. The van der Waals surface area contributed by atoms with Crippen LogP contribution in [0.4, 0.5) is 0 Å². The fourth-order valence-corrected chi connectivity index (χ4v) is 1.63. The van der Waals surface area contributed by atoms with Crippen molar-refractivity contribution in [2.24, 2.45) is 11.1 Å². The monoisotopic (exact) mass is 244 g/mol. The second-order valence-corrected chi connectivity index (χ2v) is 5.48. The third-order valence-electron chi connectivity index (χ3n) is 3.42. The van der Waals surface area contributed by atoms with E-state index < -0.39 is 5.60 Å². The van der Waals surface area contributed by atoms with E-state index in [0.717, 1.165) is 0 Å². The van der Waals surface area contributed by atoms with Gasteiger partial charge in [-0.05, 0) is 32.2 Å². The molecule has 0 aromatic heterocycles. The van der Waals surface area contributed by atoms with Crippen LogP contribution < -0.4 is 5.73 Å². The predicted molar refractivity (Wildman–Crippen MR) is 70.8 cm³/mol. The van der Waals surface area contributed by atoms with Crippen LogP contribution in [-0.4, -0.2) is 43.2 Å². The van der Waals surface area contributed by atoms with Gasteiger partial charge in [-0.2, -0.15) is 0 Å².